The number of benzene rings is 1. The number of carbonyl (C=O) groups is 1. The van der Waals surface area contributed by atoms with Gasteiger partial charge < -0.3 is 19.5 Å². The summed E-state index contributed by atoms with van der Waals surface area (Å²) in [4.78, 5) is 11.2. The lowest BCUT2D eigenvalue weighted by atomic mass is 9.99. The molecular weight excluding hydrogens is 375 g/mol. The Hall–Kier alpha value is -1.28. The quantitative estimate of drug-likeness (QED) is 0.863. The third-order valence-electron chi connectivity index (χ3n) is 2.89. The number of rotatable bonds is 3. The van der Waals surface area contributed by atoms with Crippen molar-refractivity contribution in [3.8, 4) is 11.5 Å². The standard InChI is InChI=1S/C12H12BrF2NO4.ClH/c1-18-8-3-6(7(13)4-9(8)19-2)10-12(14,15)5-20-11(17)16-10;/h3-4,10H,5H2,1-2H3,(H,16,17);1H/t10-;/m1./s1. The van der Waals surface area contributed by atoms with Crippen molar-refractivity contribution < 1.29 is 27.8 Å². The predicted molar refractivity (Wildman–Crippen MR) is 76.7 cm³/mol. The lowest BCUT2D eigenvalue weighted by molar-refractivity contribution is -0.104. The molecule has 118 valence electrons. The molecule has 1 aliphatic rings. The summed E-state index contributed by atoms with van der Waals surface area (Å²) in [5, 5.41) is 2.12. The third kappa shape index (κ3) is 3.49. The maximum absolute atomic E-state index is 13.9. The smallest absolute Gasteiger partial charge is 0.408 e. The second-order valence-corrected chi connectivity index (χ2v) is 5.00. The molecule has 1 fully saturated rings. The van der Waals surface area contributed by atoms with Crippen LogP contribution in [-0.4, -0.2) is 32.8 Å². The van der Waals surface area contributed by atoms with Crippen molar-refractivity contribution in [1.29, 1.82) is 0 Å². The molecule has 0 aliphatic carbocycles. The van der Waals surface area contributed by atoms with Crippen LogP contribution in [0.15, 0.2) is 16.6 Å². The van der Waals surface area contributed by atoms with E-state index < -0.39 is 24.7 Å². The Morgan fingerprint density at radius 3 is 2.48 bits per heavy atom. The second kappa shape index (κ2) is 6.65. The van der Waals surface area contributed by atoms with E-state index in [9.17, 15) is 13.6 Å². The van der Waals surface area contributed by atoms with Gasteiger partial charge in [-0.05, 0) is 17.7 Å². The number of amides is 1. The fourth-order valence-corrected chi connectivity index (χ4v) is 2.46. The average molecular weight is 389 g/mol. The zero-order chi connectivity index (χ0) is 14.9. The van der Waals surface area contributed by atoms with Crippen LogP contribution in [0.2, 0.25) is 0 Å². The molecule has 0 aromatic heterocycles. The fourth-order valence-electron chi connectivity index (χ4n) is 1.91. The van der Waals surface area contributed by atoms with Gasteiger partial charge in [-0.2, -0.15) is 0 Å². The normalized spacial score (nSPS) is 19.9. The Kier molecular flexibility index (Phi) is 5.63. The highest BCUT2D eigenvalue weighted by Gasteiger charge is 2.47. The molecule has 0 spiro atoms. The molecule has 1 heterocycles. The molecular formula is C12H13BrClF2NO4. The van der Waals surface area contributed by atoms with Gasteiger partial charge in [0.15, 0.2) is 18.1 Å². The van der Waals surface area contributed by atoms with Crippen LogP contribution in [0.4, 0.5) is 13.6 Å². The van der Waals surface area contributed by atoms with Gasteiger partial charge in [0.25, 0.3) is 0 Å². The second-order valence-electron chi connectivity index (χ2n) is 4.14. The fraction of sp³-hybridized carbons (Fsp3) is 0.417. The van der Waals surface area contributed by atoms with Gasteiger partial charge in [-0.3, -0.25) is 0 Å². The number of cyclic esters (lactones) is 1. The summed E-state index contributed by atoms with van der Waals surface area (Å²) in [5.74, 6) is -2.54. The van der Waals surface area contributed by atoms with E-state index in [1.807, 2.05) is 0 Å². The van der Waals surface area contributed by atoms with Gasteiger partial charge in [-0.25, -0.2) is 13.6 Å². The molecule has 5 nitrogen and oxygen atoms in total. The first kappa shape index (κ1) is 17.8. The van der Waals surface area contributed by atoms with Crippen molar-refractivity contribution in [1.82, 2.24) is 5.32 Å². The predicted octanol–water partition coefficient (Wildman–Crippen LogP) is 3.30. The first-order valence-electron chi connectivity index (χ1n) is 5.61. The van der Waals surface area contributed by atoms with Crippen LogP contribution >= 0.6 is 28.3 Å². The van der Waals surface area contributed by atoms with Crippen molar-refractivity contribution in [2.75, 3.05) is 20.8 Å². The summed E-state index contributed by atoms with van der Waals surface area (Å²) in [6.07, 6.45) is -0.886. The van der Waals surface area contributed by atoms with E-state index in [-0.39, 0.29) is 18.0 Å². The van der Waals surface area contributed by atoms with Crippen molar-refractivity contribution >= 4 is 34.4 Å². The number of carbonyl (C=O) groups excluding carboxylic acids is 1. The van der Waals surface area contributed by atoms with E-state index >= 15 is 0 Å². The summed E-state index contributed by atoms with van der Waals surface area (Å²) in [5.41, 5.74) is 0.185. The Morgan fingerprint density at radius 2 is 1.90 bits per heavy atom. The summed E-state index contributed by atoms with van der Waals surface area (Å²) in [6, 6.07) is 1.40. The van der Waals surface area contributed by atoms with E-state index in [4.69, 9.17) is 9.47 Å². The van der Waals surface area contributed by atoms with Gasteiger partial charge in [0.05, 0.1) is 14.2 Å². The first-order valence-corrected chi connectivity index (χ1v) is 6.41. The Balaban J connectivity index is 0.00000220. The third-order valence-corrected chi connectivity index (χ3v) is 3.58. The number of ether oxygens (including phenoxy) is 3. The van der Waals surface area contributed by atoms with Crippen LogP contribution < -0.4 is 14.8 Å². The number of halogens is 4. The summed E-state index contributed by atoms with van der Waals surface area (Å²) >= 11 is 3.20. The number of alkyl halides is 2. The van der Waals surface area contributed by atoms with Gasteiger partial charge in [-0.1, -0.05) is 15.9 Å². The highest BCUT2D eigenvalue weighted by atomic mass is 79.9. The van der Waals surface area contributed by atoms with E-state index in [1.54, 1.807) is 0 Å². The summed E-state index contributed by atoms with van der Waals surface area (Å²) in [7, 11) is 2.84. The molecule has 2 rings (SSSR count). The average Bonchev–Trinajstić information content (AvgIpc) is 2.41. The summed E-state index contributed by atoms with van der Waals surface area (Å²) in [6.45, 7) is -0.968. The molecule has 0 radical (unpaired) electrons. The SMILES string of the molecule is COc1cc(Br)c([C@H]2NC(=O)OCC2(F)F)cc1OC.Cl. The molecule has 0 bridgehead atoms. The van der Waals surface area contributed by atoms with Crippen LogP contribution in [0.1, 0.15) is 11.6 Å². The summed E-state index contributed by atoms with van der Waals surface area (Å²) < 4.78 is 42.6. The molecule has 1 N–H and O–H groups in total. The van der Waals surface area contributed by atoms with Crippen LogP contribution in [0, 0.1) is 0 Å². The molecule has 0 saturated carbocycles. The number of methoxy groups -OCH3 is 2. The zero-order valence-corrected chi connectivity index (χ0v) is 13.5. The number of nitrogens with one attached hydrogen (secondary N) is 1. The van der Waals surface area contributed by atoms with E-state index in [1.165, 1.54) is 26.4 Å². The molecule has 0 unspecified atom stereocenters. The Bertz CT molecular complexity index is 544. The van der Waals surface area contributed by atoms with E-state index in [0.717, 1.165) is 0 Å². The highest BCUT2D eigenvalue weighted by molar-refractivity contribution is 9.10. The Morgan fingerprint density at radius 1 is 1.33 bits per heavy atom. The highest BCUT2D eigenvalue weighted by Crippen LogP contribution is 2.42. The molecule has 9 heteroatoms. The molecule has 1 atom stereocenters. The Labute approximate surface area is 134 Å². The molecule has 21 heavy (non-hydrogen) atoms. The van der Waals surface area contributed by atoms with Gasteiger partial charge >= 0.3 is 12.0 Å². The molecule has 1 aliphatic heterocycles. The molecule has 1 aromatic rings. The van der Waals surface area contributed by atoms with Crippen LogP contribution in [0.3, 0.4) is 0 Å². The zero-order valence-electron chi connectivity index (χ0n) is 11.1. The van der Waals surface area contributed by atoms with Gasteiger partial charge in [-0.15, -0.1) is 12.4 Å². The molecule has 1 aromatic carbocycles. The maximum Gasteiger partial charge on any atom is 0.408 e. The topological polar surface area (TPSA) is 56.8 Å². The molecule has 1 saturated heterocycles. The van der Waals surface area contributed by atoms with E-state index in [2.05, 4.69) is 26.0 Å². The van der Waals surface area contributed by atoms with Crippen molar-refractivity contribution in [3.63, 3.8) is 0 Å². The monoisotopic (exact) mass is 387 g/mol. The number of alkyl carbamates (subject to hydrolysis) is 1. The minimum atomic E-state index is -3.23. The van der Waals surface area contributed by atoms with Crippen LogP contribution in [0.25, 0.3) is 0 Å². The maximum atomic E-state index is 13.9. The number of hydrogen-bond donors (Lipinski definition) is 1. The van der Waals surface area contributed by atoms with Gasteiger partial charge in [0.2, 0.25) is 0 Å². The van der Waals surface area contributed by atoms with Crippen molar-refractivity contribution in [2.45, 2.75) is 12.0 Å². The van der Waals surface area contributed by atoms with Crippen LogP contribution in [-0.2, 0) is 4.74 Å². The minimum absolute atomic E-state index is 0. The van der Waals surface area contributed by atoms with Crippen molar-refractivity contribution in [2.24, 2.45) is 0 Å². The lowest BCUT2D eigenvalue weighted by Gasteiger charge is -2.32. The van der Waals surface area contributed by atoms with Gasteiger partial charge in [0, 0.05) is 4.47 Å². The first-order chi connectivity index (χ1) is 9.39. The van der Waals surface area contributed by atoms with E-state index in [0.29, 0.717) is 16.0 Å². The van der Waals surface area contributed by atoms with Crippen LogP contribution in [0.5, 0.6) is 11.5 Å². The molecule has 1 amide bonds. The largest absolute Gasteiger partial charge is 0.493 e. The lowest BCUT2D eigenvalue weighted by Crippen LogP contribution is -2.49. The number of hydrogen-bond acceptors (Lipinski definition) is 4. The van der Waals surface area contributed by atoms with Crippen molar-refractivity contribution in [3.05, 3.63) is 22.2 Å². The van der Waals surface area contributed by atoms with Gasteiger partial charge in [0.1, 0.15) is 6.04 Å². The minimum Gasteiger partial charge on any atom is -0.493 e.